The Bertz CT molecular complexity index is 678. The molecule has 1 aliphatic heterocycles. The van der Waals surface area contributed by atoms with Gasteiger partial charge in [0.25, 0.3) is 5.92 Å². The third-order valence-corrected chi connectivity index (χ3v) is 4.28. The Morgan fingerprint density at radius 1 is 1.43 bits per heavy atom. The minimum absolute atomic E-state index is 0.000582. The van der Waals surface area contributed by atoms with Gasteiger partial charge in [-0.25, -0.2) is 13.8 Å². The van der Waals surface area contributed by atoms with Crippen LogP contribution in [-0.2, 0) is 16.0 Å². The van der Waals surface area contributed by atoms with Crippen LogP contribution in [0.2, 0.25) is 0 Å². The zero-order valence-electron chi connectivity index (χ0n) is 12.2. The number of hydrogen-bond acceptors (Lipinski definition) is 5. The number of alkyl halides is 2. The molecule has 0 spiro atoms. The lowest BCUT2D eigenvalue weighted by molar-refractivity contribution is -0.135. The van der Waals surface area contributed by atoms with Crippen molar-refractivity contribution < 1.29 is 18.3 Å². The molecule has 0 bridgehead atoms. The van der Waals surface area contributed by atoms with E-state index in [2.05, 4.69) is 9.97 Å². The molecule has 3 rings (SSSR count). The van der Waals surface area contributed by atoms with Crippen LogP contribution < -0.4 is 0 Å². The van der Waals surface area contributed by atoms with Crippen LogP contribution in [0, 0.1) is 0 Å². The average molecular weight is 339 g/mol. The molecule has 0 radical (unpaired) electrons. The minimum Gasteiger partial charge on any atom is -0.373 e. The lowest BCUT2D eigenvalue weighted by Crippen LogP contribution is -2.41. The zero-order valence-corrected chi connectivity index (χ0v) is 13.1. The highest BCUT2D eigenvalue weighted by Crippen LogP contribution is 2.23. The second kappa shape index (κ2) is 6.67. The minimum atomic E-state index is -3.01. The van der Waals surface area contributed by atoms with Crippen LogP contribution in [0.5, 0.6) is 0 Å². The van der Waals surface area contributed by atoms with Gasteiger partial charge in [-0.2, -0.15) is 0 Å². The Balaban J connectivity index is 1.67. The van der Waals surface area contributed by atoms with E-state index in [1.807, 2.05) is 18.2 Å². The SMILES string of the molecule is O=C(Cc1csc(-c2ccccn2)n1)N1CCOCC(F)(F)C1. The fraction of sp³-hybridized carbons (Fsp3) is 0.400. The van der Waals surface area contributed by atoms with Crippen LogP contribution >= 0.6 is 11.3 Å². The number of pyridine rings is 1. The van der Waals surface area contributed by atoms with Crippen molar-refractivity contribution >= 4 is 17.2 Å². The fourth-order valence-corrected chi connectivity index (χ4v) is 3.07. The first-order valence-electron chi connectivity index (χ1n) is 7.13. The molecule has 1 amide bonds. The number of aromatic nitrogens is 2. The van der Waals surface area contributed by atoms with Crippen molar-refractivity contribution in [3.05, 3.63) is 35.5 Å². The highest BCUT2D eigenvalue weighted by Gasteiger charge is 2.36. The van der Waals surface area contributed by atoms with Crippen molar-refractivity contribution in [2.45, 2.75) is 12.3 Å². The number of amides is 1. The van der Waals surface area contributed by atoms with E-state index in [4.69, 9.17) is 4.74 Å². The molecule has 5 nitrogen and oxygen atoms in total. The molecule has 122 valence electrons. The maximum atomic E-state index is 13.5. The van der Waals surface area contributed by atoms with Crippen molar-refractivity contribution in [3.63, 3.8) is 0 Å². The molecule has 1 saturated heterocycles. The summed E-state index contributed by atoms with van der Waals surface area (Å²) < 4.78 is 31.8. The van der Waals surface area contributed by atoms with E-state index in [1.54, 1.807) is 11.6 Å². The summed E-state index contributed by atoms with van der Waals surface area (Å²) in [5, 5.41) is 2.46. The maximum Gasteiger partial charge on any atom is 0.288 e. The van der Waals surface area contributed by atoms with E-state index in [9.17, 15) is 13.6 Å². The van der Waals surface area contributed by atoms with E-state index in [0.29, 0.717) is 10.7 Å². The van der Waals surface area contributed by atoms with Crippen LogP contribution in [0.15, 0.2) is 29.8 Å². The summed E-state index contributed by atoms with van der Waals surface area (Å²) in [4.78, 5) is 21.9. The number of halogens is 2. The zero-order chi connectivity index (χ0) is 16.3. The van der Waals surface area contributed by atoms with Gasteiger partial charge in [0.1, 0.15) is 11.6 Å². The first kappa shape index (κ1) is 15.9. The van der Waals surface area contributed by atoms with Gasteiger partial charge in [-0.15, -0.1) is 11.3 Å². The molecule has 0 saturated carbocycles. The topological polar surface area (TPSA) is 55.3 Å². The Morgan fingerprint density at radius 2 is 2.30 bits per heavy atom. The monoisotopic (exact) mass is 339 g/mol. The van der Waals surface area contributed by atoms with Gasteiger partial charge in [0.05, 0.1) is 31.0 Å². The molecule has 0 aliphatic carbocycles. The second-order valence-electron chi connectivity index (χ2n) is 5.26. The van der Waals surface area contributed by atoms with E-state index in [1.165, 1.54) is 11.3 Å². The summed E-state index contributed by atoms with van der Waals surface area (Å²) in [6.45, 7) is -0.955. The molecule has 23 heavy (non-hydrogen) atoms. The predicted molar refractivity (Wildman–Crippen MR) is 81.4 cm³/mol. The van der Waals surface area contributed by atoms with Crippen molar-refractivity contribution in [1.82, 2.24) is 14.9 Å². The smallest absolute Gasteiger partial charge is 0.288 e. The number of carbonyl (C=O) groups excluding carboxylic acids is 1. The van der Waals surface area contributed by atoms with E-state index in [0.717, 1.165) is 10.6 Å². The van der Waals surface area contributed by atoms with Gasteiger partial charge in [0.15, 0.2) is 0 Å². The number of ether oxygens (including phenoxy) is 1. The molecule has 0 atom stereocenters. The van der Waals surface area contributed by atoms with Crippen LogP contribution in [0.3, 0.4) is 0 Å². The Morgan fingerprint density at radius 3 is 3.09 bits per heavy atom. The fourth-order valence-electron chi connectivity index (χ4n) is 2.27. The maximum absolute atomic E-state index is 13.5. The highest BCUT2D eigenvalue weighted by molar-refractivity contribution is 7.13. The molecule has 1 fully saturated rings. The highest BCUT2D eigenvalue weighted by atomic mass is 32.1. The van der Waals surface area contributed by atoms with Gasteiger partial charge in [0, 0.05) is 18.1 Å². The number of carbonyl (C=O) groups is 1. The molecule has 1 aliphatic rings. The van der Waals surface area contributed by atoms with Crippen molar-refractivity contribution in [1.29, 1.82) is 0 Å². The Labute approximate surface area is 135 Å². The van der Waals surface area contributed by atoms with Crippen LogP contribution in [0.1, 0.15) is 5.69 Å². The molecule has 8 heteroatoms. The molecule has 0 N–H and O–H groups in total. The molecule has 0 aromatic carbocycles. The van der Waals surface area contributed by atoms with Crippen LogP contribution in [0.4, 0.5) is 8.78 Å². The number of rotatable bonds is 3. The normalized spacial score (nSPS) is 17.7. The predicted octanol–water partition coefficient (Wildman–Crippen LogP) is 2.24. The molecule has 0 unspecified atom stereocenters. The third kappa shape index (κ3) is 4.08. The summed E-state index contributed by atoms with van der Waals surface area (Å²) in [5.74, 6) is -3.37. The van der Waals surface area contributed by atoms with Gasteiger partial charge in [0.2, 0.25) is 5.91 Å². The van der Waals surface area contributed by atoms with Gasteiger partial charge in [-0.05, 0) is 12.1 Å². The van der Waals surface area contributed by atoms with Gasteiger partial charge in [-0.3, -0.25) is 9.78 Å². The number of thiazole rings is 1. The van der Waals surface area contributed by atoms with E-state index in [-0.39, 0.29) is 25.5 Å². The van der Waals surface area contributed by atoms with Crippen LogP contribution in [0.25, 0.3) is 10.7 Å². The molecule has 2 aromatic heterocycles. The average Bonchev–Trinajstić information content (AvgIpc) is 2.91. The number of hydrogen-bond donors (Lipinski definition) is 0. The van der Waals surface area contributed by atoms with Gasteiger partial charge < -0.3 is 9.64 Å². The number of nitrogens with zero attached hydrogens (tertiary/aromatic N) is 3. The summed E-state index contributed by atoms with van der Waals surface area (Å²) in [6, 6.07) is 5.49. The van der Waals surface area contributed by atoms with Gasteiger partial charge in [-0.1, -0.05) is 6.07 Å². The summed E-state index contributed by atoms with van der Waals surface area (Å²) in [5.41, 5.74) is 1.29. The molecular weight excluding hydrogens is 324 g/mol. The Kier molecular flexibility index (Phi) is 4.63. The standard InChI is InChI=1S/C15H15F2N3O2S/c16-15(17)9-20(5-6-22-10-15)13(21)7-11-8-23-14(19-11)12-3-1-2-4-18-12/h1-4,8H,5-7,9-10H2. The van der Waals surface area contributed by atoms with E-state index >= 15 is 0 Å². The largest absolute Gasteiger partial charge is 0.373 e. The lowest BCUT2D eigenvalue weighted by atomic mass is 10.2. The summed E-state index contributed by atoms with van der Waals surface area (Å²) in [7, 11) is 0. The molecule has 3 heterocycles. The quantitative estimate of drug-likeness (QED) is 0.861. The first-order chi connectivity index (χ1) is 11.0. The van der Waals surface area contributed by atoms with Crippen molar-refractivity contribution in [3.8, 4) is 10.7 Å². The first-order valence-corrected chi connectivity index (χ1v) is 8.01. The molecular formula is C15H15F2N3O2S. The summed E-state index contributed by atoms with van der Waals surface area (Å²) in [6.07, 6.45) is 1.67. The molecule has 2 aromatic rings. The third-order valence-electron chi connectivity index (χ3n) is 3.36. The van der Waals surface area contributed by atoms with Crippen molar-refractivity contribution in [2.75, 3.05) is 26.3 Å². The van der Waals surface area contributed by atoms with Gasteiger partial charge >= 0.3 is 0 Å². The van der Waals surface area contributed by atoms with E-state index < -0.39 is 19.1 Å². The Hall–Kier alpha value is -1.93. The van der Waals surface area contributed by atoms with Crippen molar-refractivity contribution in [2.24, 2.45) is 0 Å². The second-order valence-corrected chi connectivity index (χ2v) is 6.12. The lowest BCUT2D eigenvalue weighted by Gasteiger charge is -2.22. The van der Waals surface area contributed by atoms with Crippen LogP contribution in [-0.4, -0.2) is 53.0 Å². The summed E-state index contributed by atoms with van der Waals surface area (Å²) >= 11 is 1.38.